The first-order valence-electron chi connectivity index (χ1n) is 7.62. The van der Waals surface area contributed by atoms with Crippen LogP contribution in [0.1, 0.15) is 31.0 Å². The molecule has 4 nitrogen and oxygen atoms in total. The number of nitrogens with zero attached hydrogens (tertiary/aromatic N) is 2. The number of halogens is 3. The van der Waals surface area contributed by atoms with Crippen LogP contribution < -0.4 is 0 Å². The van der Waals surface area contributed by atoms with E-state index < -0.39 is 23.8 Å². The van der Waals surface area contributed by atoms with Crippen LogP contribution in [0.25, 0.3) is 0 Å². The molecule has 128 valence electrons. The van der Waals surface area contributed by atoms with Crippen LogP contribution in [0.5, 0.6) is 0 Å². The molecule has 1 N–H and O–H groups in total. The molecule has 0 aliphatic carbocycles. The summed E-state index contributed by atoms with van der Waals surface area (Å²) in [5.41, 5.74) is -0.647. The number of piperazine rings is 1. The van der Waals surface area contributed by atoms with Gasteiger partial charge in [0.2, 0.25) is 0 Å². The predicted octanol–water partition coefficient (Wildman–Crippen LogP) is 2.86. The first-order valence-corrected chi connectivity index (χ1v) is 7.62. The minimum Gasteiger partial charge on any atom is -0.480 e. The van der Waals surface area contributed by atoms with Gasteiger partial charge in [0.25, 0.3) is 0 Å². The lowest BCUT2D eigenvalue weighted by atomic mass is 10.0. The highest BCUT2D eigenvalue weighted by molar-refractivity contribution is 5.75. The molecule has 0 amide bonds. The van der Waals surface area contributed by atoms with E-state index in [4.69, 9.17) is 0 Å². The van der Waals surface area contributed by atoms with Gasteiger partial charge in [-0.1, -0.05) is 19.1 Å². The predicted molar refractivity (Wildman–Crippen MR) is 80.1 cm³/mol. The third kappa shape index (κ3) is 4.03. The number of aliphatic carboxylic acids is 1. The zero-order valence-corrected chi connectivity index (χ0v) is 13.2. The molecule has 2 atom stereocenters. The van der Waals surface area contributed by atoms with Gasteiger partial charge in [0.05, 0.1) is 5.56 Å². The smallest absolute Gasteiger partial charge is 0.416 e. The van der Waals surface area contributed by atoms with Crippen LogP contribution in [-0.2, 0) is 11.0 Å². The molecular weight excluding hydrogens is 309 g/mol. The van der Waals surface area contributed by atoms with E-state index in [2.05, 4.69) is 4.90 Å². The molecule has 0 aromatic heterocycles. The van der Waals surface area contributed by atoms with Crippen LogP contribution in [0.4, 0.5) is 13.2 Å². The first-order chi connectivity index (χ1) is 10.7. The van der Waals surface area contributed by atoms with Gasteiger partial charge in [-0.3, -0.25) is 14.6 Å². The lowest BCUT2D eigenvalue weighted by Gasteiger charge is -2.41. The highest BCUT2D eigenvalue weighted by atomic mass is 19.4. The lowest BCUT2D eigenvalue weighted by molar-refractivity contribution is -0.145. The summed E-state index contributed by atoms with van der Waals surface area (Å²) in [5.74, 6) is -1.12. The number of carboxylic acid groups (broad SMARTS) is 1. The molecule has 0 saturated carbocycles. The molecule has 1 aliphatic rings. The summed E-state index contributed by atoms with van der Waals surface area (Å²) in [6, 6.07) is 3.72. The van der Waals surface area contributed by atoms with Crippen LogP contribution >= 0.6 is 0 Å². The molecule has 1 saturated heterocycles. The molecule has 0 bridgehead atoms. The lowest BCUT2D eigenvalue weighted by Crippen LogP contribution is -2.53. The summed E-state index contributed by atoms with van der Waals surface area (Å²) in [6.45, 7) is 6.65. The second kappa shape index (κ2) is 6.88. The van der Waals surface area contributed by atoms with Gasteiger partial charge in [-0.05, 0) is 31.2 Å². The number of alkyl halides is 3. The van der Waals surface area contributed by atoms with Crippen molar-refractivity contribution in [1.82, 2.24) is 9.80 Å². The van der Waals surface area contributed by atoms with Crippen molar-refractivity contribution in [2.75, 3.05) is 26.2 Å². The number of hydrogen-bond donors (Lipinski definition) is 1. The number of hydrogen-bond acceptors (Lipinski definition) is 3. The maximum absolute atomic E-state index is 12.9. The Hall–Kier alpha value is -1.60. The minimum absolute atomic E-state index is 0.168. The van der Waals surface area contributed by atoms with Gasteiger partial charge in [-0.2, -0.15) is 13.2 Å². The van der Waals surface area contributed by atoms with Gasteiger partial charge in [0, 0.05) is 25.7 Å². The average molecular weight is 330 g/mol. The summed E-state index contributed by atoms with van der Waals surface area (Å²) in [6.07, 6.45) is -4.48. The quantitative estimate of drug-likeness (QED) is 0.922. The van der Waals surface area contributed by atoms with E-state index in [1.807, 2.05) is 13.8 Å². The van der Waals surface area contributed by atoms with Crippen LogP contribution in [0.2, 0.25) is 0 Å². The molecule has 1 aromatic rings. The largest absolute Gasteiger partial charge is 0.480 e. The maximum atomic E-state index is 12.9. The molecule has 1 fully saturated rings. The molecule has 1 heterocycles. The van der Waals surface area contributed by atoms with E-state index in [9.17, 15) is 23.1 Å². The van der Waals surface area contributed by atoms with Gasteiger partial charge in [0.1, 0.15) is 6.04 Å². The molecule has 23 heavy (non-hydrogen) atoms. The molecule has 0 spiro atoms. The van der Waals surface area contributed by atoms with Gasteiger partial charge in [0.15, 0.2) is 0 Å². The third-order valence-electron chi connectivity index (χ3n) is 4.33. The monoisotopic (exact) mass is 330 g/mol. The van der Waals surface area contributed by atoms with E-state index >= 15 is 0 Å². The molecule has 0 radical (unpaired) electrons. The van der Waals surface area contributed by atoms with Crippen molar-refractivity contribution in [3.63, 3.8) is 0 Å². The molecule has 1 aromatic carbocycles. The van der Waals surface area contributed by atoms with Crippen molar-refractivity contribution in [3.8, 4) is 0 Å². The van der Waals surface area contributed by atoms with Gasteiger partial charge >= 0.3 is 12.1 Å². The maximum Gasteiger partial charge on any atom is 0.416 e. The Bertz CT molecular complexity index is 563. The summed E-state index contributed by atoms with van der Waals surface area (Å²) >= 11 is 0. The fourth-order valence-corrected chi connectivity index (χ4v) is 3.12. The Kier molecular flexibility index (Phi) is 5.31. The minimum atomic E-state index is -4.48. The van der Waals surface area contributed by atoms with Crippen molar-refractivity contribution in [3.05, 3.63) is 35.4 Å². The van der Waals surface area contributed by atoms with Crippen molar-refractivity contribution >= 4 is 5.97 Å². The van der Waals surface area contributed by atoms with E-state index in [-0.39, 0.29) is 11.6 Å². The van der Waals surface area contributed by atoms with Crippen molar-refractivity contribution < 1.29 is 23.1 Å². The Morgan fingerprint density at radius 1 is 1.39 bits per heavy atom. The fourth-order valence-electron chi connectivity index (χ4n) is 3.12. The molecule has 2 unspecified atom stereocenters. The van der Waals surface area contributed by atoms with E-state index in [0.29, 0.717) is 19.6 Å². The number of carboxylic acids is 1. The van der Waals surface area contributed by atoms with Crippen LogP contribution in [0, 0.1) is 0 Å². The normalized spacial score (nSPS) is 22.0. The Morgan fingerprint density at radius 2 is 2.09 bits per heavy atom. The Morgan fingerprint density at radius 3 is 2.61 bits per heavy atom. The standard InChI is InChI=1S/C16H21F3N2O2/c1-3-20-7-8-21(10-11(20)2)14(15(22)23)12-5-4-6-13(9-12)16(17,18)19/h4-6,9,11,14H,3,7-8,10H2,1-2H3,(H,22,23). The molecule has 2 rings (SSSR count). The zero-order valence-electron chi connectivity index (χ0n) is 13.2. The SMILES string of the molecule is CCN1CCN(C(C(=O)O)c2cccc(C(F)(F)F)c2)CC1C. The highest BCUT2D eigenvalue weighted by Crippen LogP contribution is 2.32. The second-order valence-electron chi connectivity index (χ2n) is 5.84. The van der Waals surface area contributed by atoms with Crippen molar-refractivity contribution in [2.24, 2.45) is 0 Å². The molecule has 7 heteroatoms. The number of benzene rings is 1. The average Bonchev–Trinajstić information content (AvgIpc) is 2.47. The number of rotatable bonds is 4. The van der Waals surface area contributed by atoms with Crippen LogP contribution in [-0.4, -0.2) is 53.1 Å². The highest BCUT2D eigenvalue weighted by Gasteiger charge is 2.35. The van der Waals surface area contributed by atoms with Crippen LogP contribution in [0.3, 0.4) is 0 Å². The summed E-state index contributed by atoms with van der Waals surface area (Å²) in [5, 5.41) is 9.55. The van der Waals surface area contributed by atoms with Crippen molar-refractivity contribution in [2.45, 2.75) is 32.1 Å². The van der Waals surface area contributed by atoms with Crippen molar-refractivity contribution in [1.29, 1.82) is 0 Å². The van der Waals surface area contributed by atoms with E-state index in [0.717, 1.165) is 18.7 Å². The van der Waals surface area contributed by atoms with Gasteiger partial charge in [-0.25, -0.2) is 0 Å². The van der Waals surface area contributed by atoms with Crippen LogP contribution in [0.15, 0.2) is 24.3 Å². The Labute approximate surface area is 133 Å². The van der Waals surface area contributed by atoms with Gasteiger partial charge in [-0.15, -0.1) is 0 Å². The topological polar surface area (TPSA) is 43.8 Å². The molecule has 1 aliphatic heterocycles. The fraction of sp³-hybridized carbons (Fsp3) is 0.562. The summed E-state index contributed by atoms with van der Waals surface area (Å²) in [7, 11) is 0. The number of likely N-dealkylation sites (N-methyl/N-ethyl adjacent to an activating group) is 1. The Balaban J connectivity index is 2.28. The van der Waals surface area contributed by atoms with E-state index in [1.54, 1.807) is 4.90 Å². The zero-order chi connectivity index (χ0) is 17.2. The summed E-state index contributed by atoms with van der Waals surface area (Å²) < 4.78 is 38.6. The first kappa shape index (κ1) is 17.7. The number of carbonyl (C=O) groups is 1. The third-order valence-corrected chi connectivity index (χ3v) is 4.33. The molecular formula is C16H21F3N2O2. The second-order valence-corrected chi connectivity index (χ2v) is 5.84. The van der Waals surface area contributed by atoms with Gasteiger partial charge < -0.3 is 5.11 Å². The van der Waals surface area contributed by atoms with E-state index in [1.165, 1.54) is 12.1 Å². The summed E-state index contributed by atoms with van der Waals surface area (Å²) in [4.78, 5) is 15.6.